The van der Waals surface area contributed by atoms with Gasteiger partial charge >= 0.3 is 0 Å². The van der Waals surface area contributed by atoms with Crippen molar-refractivity contribution < 1.29 is 4.92 Å². The summed E-state index contributed by atoms with van der Waals surface area (Å²) in [4.78, 5) is 10.5. The third-order valence-corrected chi connectivity index (χ3v) is 7.77. The summed E-state index contributed by atoms with van der Waals surface area (Å²) in [6.45, 7) is 0. The Morgan fingerprint density at radius 1 is 1.08 bits per heavy atom. The number of hydrogen-bond donors (Lipinski definition) is 1. The van der Waals surface area contributed by atoms with Gasteiger partial charge < -0.3 is 0 Å². The summed E-state index contributed by atoms with van der Waals surface area (Å²) < 4.78 is 0. The number of benzene rings is 1. The second-order valence-electron chi connectivity index (χ2n) is 8.09. The van der Waals surface area contributed by atoms with Crippen LogP contribution in [0, 0.1) is 33.3 Å². The second kappa shape index (κ2) is 5.22. The van der Waals surface area contributed by atoms with Gasteiger partial charge in [-0.2, -0.15) is 5.10 Å². The fourth-order valence-corrected chi connectivity index (χ4v) is 7.04. The Bertz CT molecular complexity index is 680. The van der Waals surface area contributed by atoms with Crippen LogP contribution < -0.4 is 5.43 Å². The first-order valence-corrected chi connectivity index (χ1v) is 9.74. The molecule has 1 N–H and O–H groups in total. The molecule has 1 aromatic rings. The van der Waals surface area contributed by atoms with E-state index >= 15 is 0 Å². The third kappa shape index (κ3) is 2.26. The van der Waals surface area contributed by atoms with Crippen LogP contribution in [-0.2, 0) is 0 Å². The van der Waals surface area contributed by atoms with E-state index in [1.54, 1.807) is 12.1 Å². The molecule has 5 aliphatic rings. The van der Waals surface area contributed by atoms with Gasteiger partial charge in [-0.3, -0.25) is 15.5 Å². The van der Waals surface area contributed by atoms with Crippen LogP contribution in [0.1, 0.15) is 49.5 Å². The molecule has 6 heteroatoms. The second-order valence-corrected chi connectivity index (χ2v) is 9.18. The summed E-state index contributed by atoms with van der Waals surface area (Å²) in [7, 11) is 0. The number of nitrogens with zero attached hydrogens (tertiary/aromatic N) is 2. The molecule has 0 radical (unpaired) electrons. The van der Waals surface area contributed by atoms with E-state index in [0.717, 1.165) is 23.3 Å². The van der Waals surface area contributed by atoms with Crippen LogP contribution in [0.2, 0.25) is 0 Å². The number of nitrogens with one attached hydrogen (secondary N) is 1. The Kier molecular flexibility index (Phi) is 3.21. The number of non-ortho nitro benzene ring substituents is 1. The fraction of sp³-hybridized carbons (Fsp3) is 0.611. The monoisotopic (exact) mass is 343 g/mol. The van der Waals surface area contributed by atoms with Crippen LogP contribution in [0.5, 0.6) is 0 Å². The SMILES string of the molecule is O=[N+]([O-])c1ccc(C2NN=C(C34CC5CC(CC(C5)C3)C4)S2)cc1. The van der Waals surface area contributed by atoms with Crippen molar-refractivity contribution in [3.63, 3.8) is 0 Å². The highest BCUT2D eigenvalue weighted by atomic mass is 32.2. The minimum Gasteiger partial charge on any atom is -0.291 e. The summed E-state index contributed by atoms with van der Waals surface area (Å²) in [5.74, 6) is 2.74. The number of thioether (sulfide) groups is 1. The van der Waals surface area contributed by atoms with Crippen LogP contribution >= 0.6 is 11.8 Å². The minimum absolute atomic E-state index is 0.0915. The molecule has 4 fully saturated rings. The lowest BCUT2D eigenvalue weighted by molar-refractivity contribution is -0.384. The molecule has 1 unspecified atom stereocenters. The van der Waals surface area contributed by atoms with E-state index in [-0.39, 0.29) is 16.0 Å². The zero-order chi connectivity index (χ0) is 16.3. The van der Waals surface area contributed by atoms with Gasteiger partial charge in [-0.15, -0.1) is 0 Å². The molecule has 1 aliphatic heterocycles. The van der Waals surface area contributed by atoms with E-state index < -0.39 is 0 Å². The number of hydrogen-bond acceptors (Lipinski definition) is 5. The molecule has 4 saturated carbocycles. The minimum atomic E-state index is -0.351. The van der Waals surface area contributed by atoms with E-state index in [4.69, 9.17) is 5.10 Å². The molecule has 1 aromatic carbocycles. The van der Waals surface area contributed by atoms with Gasteiger partial charge in [-0.25, -0.2) is 0 Å². The average Bonchev–Trinajstić information content (AvgIpc) is 3.04. The fourth-order valence-electron chi connectivity index (χ4n) is 5.81. The van der Waals surface area contributed by atoms with Crippen molar-refractivity contribution in [1.82, 2.24) is 5.43 Å². The molecule has 0 spiro atoms. The first kappa shape index (κ1) is 14.8. The molecule has 4 bridgehead atoms. The summed E-state index contributed by atoms with van der Waals surface area (Å²) in [6.07, 6.45) is 8.28. The van der Waals surface area contributed by atoms with Gasteiger partial charge in [-0.1, -0.05) is 11.8 Å². The third-order valence-electron chi connectivity index (χ3n) is 6.41. The molecule has 0 saturated heterocycles. The van der Waals surface area contributed by atoms with E-state index in [9.17, 15) is 10.1 Å². The van der Waals surface area contributed by atoms with E-state index in [1.165, 1.54) is 43.6 Å². The summed E-state index contributed by atoms with van der Waals surface area (Å²) >= 11 is 1.84. The standard InChI is InChI=1S/C18H21N3O2S/c22-21(23)15-3-1-14(2-4-15)16-19-20-17(24-16)18-8-11-5-12(9-18)7-13(6-11)10-18/h1-4,11-13,16,19H,5-10H2. The van der Waals surface area contributed by atoms with Gasteiger partial charge in [0.05, 0.1) is 4.92 Å². The summed E-state index contributed by atoms with van der Waals surface area (Å²) in [5, 5.41) is 16.9. The van der Waals surface area contributed by atoms with Crippen LogP contribution in [0.4, 0.5) is 5.69 Å². The van der Waals surface area contributed by atoms with Crippen LogP contribution in [0.3, 0.4) is 0 Å². The van der Waals surface area contributed by atoms with Crippen molar-refractivity contribution in [1.29, 1.82) is 0 Å². The molecule has 1 heterocycles. The Labute approximate surface area is 145 Å². The van der Waals surface area contributed by atoms with E-state index in [1.807, 2.05) is 23.9 Å². The number of rotatable bonds is 3. The molecule has 1 atom stereocenters. The van der Waals surface area contributed by atoms with Crippen LogP contribution in [0.15, 0.2) is 29.4 Å². The largest absolute Gasteiger partial charge is 0.291 e. The number of nitro groups is 1. The Balaban J connectivity index is 1.34. The zero-order valence-electron chi connectivity index (χ0n) is 13.5. The average molecular weight is 343 g/mol. The normalized spacial score (nSPS) is 39.6. The van der Waals surface area contributed by atoms with Crippen LogP contribution in [0.25, 0.3) is 0 Å². The lowest BCUT2D eigenvalue weighted by atomic mass is 9.50. The molecule has 24 heavy (non-hydrogen) atoms. The molecular weight excluding hydrogens is 322 g/mol. The zero-order valence-corrected chi connectivity index (χ0v) is 14.3. The molecular formula is C18H21N3O2S. The Hall–Kier alpha value is -1.56. The topological polar surface area (TPSA) is 67.5 Å². The van der Waals surface area contributed by atoms with Crippen molar-refractivity contribution in [2.45, 2.75) is 43.9 Å². The molecule has 0 amide bonds. The molecule has 4 aliphatic carbocycles. The molecule has 5 nitrogen and oxygen atoms in total. The smallest absolute Gasteiger partial charge is 0.269 e. The maximum absolute atomic E-state index is 10.8. The molecule has 126 valence electrons. The van der Waals surface area contributed by atoms with Gasteiger partial charge in [0.1, 0.15) is 10.4 Å². The van der Waals surface area contributed by atoms with Gasteiger partial charge in [0, 0.05) is 17.5 Å². The maximum atomic E-state index is 10.8. The summed E-state index contributed by atoms with van der Waals surface area (Å²) in [6, 6.07) is 6.86. The highest BCUT2D eigenvalue weighted by Gasteiger charge is 2.54. The van der Waals surface area contributed by atoms with Crippen molar-refractivity contribution >= 4 is 22.5 Å². The maximum Gasteiger partial charge on any atom is 0.269 e. The Morgan fingerprint density at radius 2 is 1.67 bits per heavy atom. The van der Waals surface area contributed by atoms with Gasteiger partial charge in [0.2, 0.25) is 0 Å². The van der Waals surface area contributed by atoms with E-state index in [2.05, 4.69) is 5.43 Å². The van der Waals surface area contributed by atoms with Gasteiger partial charge in [0.25, 0.3) is 5.69 Å². The lowest BCUT2D eigenvalue weighted by Gasteiger charge is -2.56. The first-order chi connectivity index (χ1) is 11.6. The lowest BCUT2D eigenvalue weighted by Crippen LogP contribution is -2.49. The highest BCUT2D eigenvalue weighted by molar-refractivity contribution is 8.14. The van der Waals surface area contributed by atoms with Gasteiger partial charge in [0.15, 0.2) is 0 Å². The van der Waals surface area contributed by atoms with E-state index in [0.29, 0.717) is 5.41 Å². The molecule has 6 rings (SSSR count). The Morgan fingerprint density at radius 3 is 2.21 bits per heavy atom. The van der Waals surface area contributed by atoms with Crippen LogP contribution in [-0.4, -0.2) is 9.97 Å². The van der Waals surface area contributed by atoms with Crippen molar-refractivity contribution in [2.24, 2.45) is 28.3 Å². The van der Waals surface area contributed by atoms with Crippen molar-refractivity contribution in [3.05, 3.63) is 39.9 Å². The van der Waals surface area contributed by atoms with Crippen molar-refractivity contribution in [2.75, 3.05) is 0 Å². The number of nitro benzene ring substituents is 1. The molecule has 0 aromatic heterocycles. The number of hydrazone groups is 1. The predicted octanol–water partition coefficient (Wildman–Crippen LogP) is 4.46. The predicted molar refractivity (Wildman–Crippen MR) is 94.6 cm³/mol. The summed E-state index contributed by atoms with van der Waals surface area (Å²) in [5.41, 5.74) is 4.81. The first-order valence-electron chi connectivity index (χ1n) is 8.86. The highest BCUT2D eigenvalue weighted by Crippen LogP contribution is 2.62. The van der Waals surface area contributed by atoms with Gasteiger partial charge in [-0.05, 0) is 74.0 Å². The van der Waals surface area contributed by atoms with Crippen molar-refractivity contribution in [3.8, 4) is 0 Å². The quantitative estimate of drug-likeness (QED) is 0.650.